The molecule has 106 valence electrons. The number of aromatic nitrogens is 2. The summed E-state index contributed by atoms with van der Waals surface area (Å²) in [5.74, 6) is 1.32. The first-order valence-corrected chi connectivity index (χ1v) is 5.94. The Hall–Kier alpha value is -2.50. The second-order valence-electron chi connectivity index (χ2n) is 4.12. The Bertz CT molecular complexity index is 612. The normalized spacial score (nSPS) is 10.2. The van der Waals surface area contributed by atoms with Crippen LogP contribution in [0.1, 0.15) is 16.1 Å². The van der Waals surface area contributed by atoms with Crippen LogP contribution in [0.25, 0.3) is 0 Å². The van der Waals surface area contributed by atoms with E-state index < -0.39 is 0 Å². The van der Waals surface area contributed by atoms with Gasteiger partial charge in [0.15, 0.2) is 11.4 Å². The minimum absolute atomic E-state index is 0.209. The third-order valence-corrected chi connectivity index (χ3v) is 2.95. The van der Waals surface area contributed by atoms with Gasteiger partial charge < -0.3 is 14.2 Å². The highest BCUT2D eigenvalue weighted by atomic mass is 16.5. The molecular formula is C14H16N2O4. The van der Waals surface area contributed by atoms with Crippen molar-refractivity contribution in [3.63, 3.8) is 0 Å². The second kappa shape index (κ2) is 5.64. The number of aryl methyl sites for hydroxylation is 1. The predicted octanol–water partition coefficient (Wildman–Crippen LogP) is 1.68. The number of ketones is 1. The zero-order valence-electron chi connectivity index (χ0n) is 11.8. The predicted molar refractivity (Wildman–Crippen MR) is 72.7 cm³/mol. The van der Waals surface area contributed by atoms with Gasteiger partial charge in [-0.3, -0.25) is 9.48 Å². The highest BCUT2D eigenvalue weighted by Crippen LogP contribution is 2.26. The van der Waals surface area contributed by atoms with Crippen molar-refractivity contribution in [1.82, 2.24) is 9.78 Å². The molecule has 0 amide bonds. The van der Waals surface area contributed by atoms with Gasteiger partial charge in [0, 0.05) is 18.7 Å². The van der Waals surface area contributed by atoms with Gasteiger partial charge >= 0.3 is 0 Å². The largest absolute Gasteiger partial charge is 0.497 e. The van der Waals surface area contributed by atoms with Crippen LogP contribution in [0, 0.1) is 0 Å². The van der Waals surface area contributed by atoms with Gasteiger partial charge in [0.25, 0.3) is 0 Å². The zero-order valence-corrected chi connectivity index (χ0v) is 11.8. The van der Waals surface area contributed by atoms with Crippen molar-refractivity contribution in [1.29, 1.82) is 0 Å². The van der Waals surface area contributed by atoms with E-state index >= 15 is 0 Å². The Labute approximate surface area is 116 Å². The first-order valence-electron chi connectivity index (χ1n) is 5.94. The molecule has 0 fully saturated rings. The molecule has 0 unspecified atom stereocenters. The van der Waals surface area contributed by atoms with Crippen molar-refractivity contribution in [2.24, 2.45) is 7.05 Å². The summed E-state index contributed by atoms with van der Waals surface area (Å²) in [7, 11) is 6.26. The van der Waals surface area contributed by atoms with Crippen molar-refractivity contribution in [3.05, 3.63) is 35.7 Å². The van der Waals surface area contributed by atoms with Crippen LogP contribution in [-0.2, 0) is 7.05 Å². The van der Waals surface area contributed by atoms with E-state index in [1.807, 2.05) is 0 Å². The van der Waals surface area contributed by atoms with Gasteiger partial charge in [0.2, 0.25) is 5.78 Å². The molecule has 0 aliphatic heterocycles. The molecule has 0 aliphatic carbocycles. The maximum Gasteiger partial charge on any atom is 0.215 e. The number of methoxy groups -OCH3 is 3. The summed E-state index contributed by atoms with van der Waals surface area (Å²) in [6, 6.07) is 5.01. The lowest BCUT2D eigenvalue weighted by Gasteiger charge is -2.09. The van der Waals surface area contributed by atoms with E-state index in [1.54, 1.807) is 25.2 Å². The molecule has 0 saturated carbocycles. The Morgan fingerprint density at radius 2 is 1.65 bits per heavy atom. The van der Waals surface area contributed by atoms with E-state index in [9.17, 15) is 4.79 Å². The SMILES string of the molecule is COc1cc(OC)cc(C(=O)c2c(OC)cnn2C)c1. The van der Waals surface area contributed by atoms with Gasteiger partial charge in [0.05, 0.1) is 27.5 Å². The van der Waals surface area contributed by atoms with Crippen molar-refractivity contribution < 1.29 is 19.0 Å². The average Bonchev–Trinajstić information content (AvgIpc) is 2.86. The molecule has 2 rings (SSSR count). The quantitative estimate of drug-likeness (QED) is 0.777. The zero-order chi connectivity index (χ0) is 14.7. The summed E-state index contributed by atoms with van der Waals surface area (Å²) < 4.78 is 17.0. The Balaban J connectivity index is 2.50. The summed E-state index contributed by atoms with van der Waals surface area (Å²) in [6.07, 6.45) is 1.50. The number of ether oxygens (including phenoxy) is 3. The number of rotatable bonds is 5. The molecule has 6 nitrogen and oxygen atoms in total. The Morgan fingerprint density at radius 3 is 2.15 bits per heavy atom. The number of benzene rings is 1. The highest BCUT2D eigenvalue weighted by molar-refractivity contribution is 6.10. The standard InChI is InChI=1S/C14H16N2O4/c1-16-13(12(20-4)8-15-16)14(17)9-5-10(18-2)7-11(6-9)19-3/h5-8H,1-4H3. The molecule has 6 heteroatoms. The maximum absolute atomic E-state index is 12.6. The van der Waals surface area contributed by atoms with Crippen LogP contribution in [0.5, 0.6) is 17.2 Å². The Kier molecular flexibility index (Phi) is 3.93. The third kappa shape index (κ3) is 2.45. The minimum atomic E-state index is -0.209. The molecule has 0 spiro atoms. The molecule has 0 saturated heterocycles. The number of nitrogens with zero attached hydrogens (tertiary/aromatic N) is 2. The summed E-state index contributed by atoms with van der Waals surface area (Å²) in [6.45, 7) is 0. The van der Waals surface area contributed by atoms with Crippen LogP contribution >= 0.6 is 0 Å². The first-order chi connectivity index (χ1) is 9.60. The van der Waals surface area contributed by atoms with Gasteiger partial charge in [-0.05, 0) is 12.1 Å². The molecule has 0 aliphatic rings. The fraction of sp³-hybridized carbons (Fsp3) is 0.286. The highest BCUT2D eigenvalue weighted by Gasteiger charge is 2.20. The summed E-state index contributed by atoms with van der Waals surface area (Å²) in [5, 5.41) is 4.03. The van der Waals surface area contributed by atoms with E-state index in [0.717, 1.165) is 0 Å². The maximum atomic E-state index is 12.6. The Morgan fingerprint density at radius 1 is 1.05 bits per heavy atom. The molecular weight excluding hydrogens is 260 g/mol. The molecule has 0 bridgehead atoms. The van der Waals surface area contributed by atoms with Crippen LogP contribution in [0.2, 0.25) is 0 Å². The molecule has 0 N–H and O–H groups in total. The molecule has 20 heavy (non-hydrogen) atoms. The van der Waals surface area contributed by atoms with E-state index in [4.69, 9.17) is 14.2 Å². The molecule has 1 heterocycles. The molecule has 1 aromatic carbocycles. The van der Waals surface area contributed by atoms with E-state index in [-0.39, 0.29) is 5.78 Å². The van der Waals surface area contributed by atoms with Gasteiger partial charge in [-0.2, -0.15) is 5.10 Å². The summed E-state index contributed by atoms with van der Waals surface area (Å²) in [4.78, 5) is 12.6. The smallest absolute Gasteiger partial charge is 0.215 e. The molecule has 0 radical (unpaired) electrons. The first kappa shape index (κ1) is 13.9. The van der Waals surface area contributed by atoms with Crippen molar-refractivity contribution in [3.8, 4) is 17.2 Å². The summed E-state index contributed by atoms with van der Waals surface area (Å²) >= 11 is 0. The average molecular weight is 276 g/mol. The van der Waals surface area contributed by atoms with Crippen LogP contribution in [0.4, 0.5) is 0 Å². The molecule has 2 aromatic rings. The topological polar surface area (TPSA) is 62.6 Å². The van der Waals surface area contributed by atoms with Crippen LogP contribution in [0.3, 0.4) is 0 Å². The van der Waals surface area contributed by atoms with Gasteiger partial charge in [0.1, 0.15) is 11.5 Å². The lowest BCUT2D eigenvalue weighted by Crippen LogP contribution is -2.10. The lowest BCUT2D eigenvalue weighted by atomic mass is 10.1. The third-order valence-electron chi connectivity index (χ3n) is 2.95. The van der Waals surface area contributed by atoms with Gasteiger partial charge in [-0.1, -0.05) is 0 Å². The lowest BCUT2D eigenvalue weighted by molar-refractivity contribution is 0.102. The van der Waals surface area contributed by atoms with E-state index in [2.05, 4.69) is 5.10 Å². The number of carbonyl (C=O) groups is 1. The molecule has 1 aromatic heterocycles. The second-order valence-corrected chi connectivity index (χ2v) is 4.12. The molecule has 0 atom stereocenters. The fourth-order valence-electron chi connectivity index (χ4n) is 1.90. The van der Waals surface area contributed by atoms with Crippen molar-refractivity contribution >= 4 is 5.78 Å². The number of hydrogen-bond donors (Lipinski definition) is 0. The minimum Gasteiger partial charge on any atom is -0.497 e. The monoisotopic (exact) mass is 276 g/mol. The number of carbonyl (C=O) groups excluding carboxylic acids is 1. The van der Waals surface area contributed by atoms with Crippen molar-refractivity contribution in [2.45, 2.75) is 0 Å². The van der Waals surface area contributed by atoms with E-state index in [1.165, 1.54) is 32.2 Å². The van der Waals surface area contributed by atoms with Crippen LogP contribution < -0.4 is 14.2 Å². The van der Waals surface area contributed by atoms with E-state index in [0.29, 0.717) is 28.5 Å². The summed E-state index contributed by atoms with van der Waals surface area (Å²) in [5.41, 5.74) is 0.825. The fourth-order valence-corrected chi connectivity index (χ4v) is 1.90. The van der Waals surface area contributed by atoms with Gasteiger partial charge in [-0.15, -0.1) is 0 Å². The van der Waals surface area contributed by atoms with Crippen LogP contribution in [0.15, 0.2) is 24.4 Å². The number of hydrogen-bond acceptors (Lipinski definition) is 5. The van der Waals surface area contributed by atoms with Crippen molar-refractivity contribution in [2.75, 3.05) is 21.3 Å². The van der Waals surface area contributed by atoms with Crippen LogP contribution in [-0.4, -0.2) is 36.9 Å². The van der Waals surface area contributed by atoms with Gasteiger partial charge in [-0.25, -0.2) is 0 Å².